The van der Waals surface area contributed by atoms with Crippen LogP contribution in [0.15, 0.2) is 24.8 Å². The summed E-state index contributed by atoms with van der Waals surface area (Å²) in [5.74, 6) is 0.677. The second-order valence-electron chi connectivity index (χ2n) is 13.0. The summed E-state index contributed by atoms with van der Waals surface area (Å²) in [6.07, 6.45) is 2.61. The van der Waals surface area contributed by atoms with E-state index < -0.39 is 38.6 Å². The number of anilines is 1. The van der Waals surface area contributed by atoms with Crippen molar-refractivity contribution in [1.29, 1.82) is 0 Å². The van der Waals surface area contributed by atoms with Gasteiger partial charge in [-0.2, -0.15) is 0 Å². The highest BCUT2D eigenvalue weighted by Crippen LogP contribution is 2.76. The standard InChI is InChI=1S/C26H42N5O5PS2Si/c1-15(2)16-9-10-26(6)18(11-16)35-37(38,39-26)36-21-17(12-33-40(7,8)25(3,4)5)34-24(20(21)32)31-14-30-19-22(27)28-13-29-23(19)31/h13-14,16-18,20-21,24,32H,1,9-12H2,2-8H3,(H2,27,28,29)/t16-,17-,18+,20-,21+,24-,26+,37?/m1/s1. The molecule has 40 heavy (non-hydrogen) atoms. The van der Waals surface area contributed by atoms with Gasteiger partial charge in [-0.3, -0.25) is 4.57 Å². The molecule has 5 rings (SSSR count). The van der Waals surface area contributed by atoms with Crippen molar-refractivity contribution in [3.63, 3.8) is 0 Å². The molecule has 3 fully saturated rings. The lowest BCUT2D eigenvalue weighted by Crippen LogP contribution is -2.45. The fourth-order valence-corrected chi connectivity index (χ4v) is 13.9. The third-order valence-corrected chi connectivity index (χ3v) is 19.3. The molecule has 0 radical (unpaired) electrons. The van der Waals surface area contributed by atoms with Crippen molar-refractivity contribution >= 4 is 54.2 Å². The Morgan fingerprint density at radius 2 is 2.10 bits per heavy atom. The number of aliphatic hydroxyl groups excluding tert-OH is 1. The molecule has 2 saturated heterocycles. The molecule has 14 heteroatoms. The van der Waals surface area contributed by atoms with Crippen LogP contribution in [0, 0.1) is 5.92 Å². The van der Waals surface area contributed by atoms with Crippen LogP contribution < -0.4 is 5.73 Å². The van der Waals surface area contributed by atoms with Crippen molar-refractivity contribution in [2.24, 2.45) is 5.92 Å². The second kappa shape index (κ2) is 10.7. The van der Waals surface area contributed by atoms with Crippen LogP contribution in [0.4, 0.5) is 5.82 Å². The molecule has 3 N–H and O–H groups in total. The number of ether oxygens (including phenoxy) is 1. The van der Waals surface area contributed by atoms with Crippen LogP contribution in [0.25, 0.3) is 11.2 Å². The lowest BCUT2D eigenvalue weighted by atomic mass is 9.77. The maximum atomic E-state index is 11.7. The quantitative estimate of drug-likeness (QED) is 0.227. The summed E-state index contributed by atoms with van der Waals surface area (Å²) in [6.45, 7) is 19.7. The van der Waals surface area contributed by atoms with Crippen LogP contribution in [0.1, 0.15) is 60.1 Å². The molecular formula is C26H42N5O5PS2Si. The van der Waals surface area contributed by atoms with Crippen LogP contribution in [-0.4, -0.2) is 68.7 Å². The van der Waals surface area contributed by atoms with Crippen LogP contribution in [0.5, 0.6) is 0 Å². The number of imidazole rings is 1. The van der Waals surface area contributed by atoms with Gasteiger partial charge in [-0.05, 0) is 69.0 Å². The van der Waals surface area contributed by atoms with Gasteiger partial charge in [0.15, 0.2) is 26.0 Å². The second-order valence-corrected chi connectivity index (χ2v) is 24.4. The van der Waals surface area contributed by atoms with Gasteiger partial charge in [-0.25, -0.2) is 15.0 Å². The van der Waals surface area contributed by atoms with E-state index in [2.05, 4.69) is 69.2 Å². The number of nitrogens with two attached hydrogens (primary N) is 1. The van der Waals surface area contributed by atoms with Gasteiger partial charge in [-0.1, -0.05) is 44.3 Å². The molecule has 2 aliphatic heterocycles. The minimum Gasteiger partial charge on any atom is -0.414 e. The molecule has 0 spiro atoms. The van der Waals surface area contributed by atoms with Gasteiger partial charge in [0.1, 0.15) is 30.2 Å². The van der Waals surface area contributed by atoms with Crippen molar-refractivity contribution in [3.8, 4) is 0 Å². The maximum absolute atomic E-state index is 11.7. The van der Waals surface area contributed by atoms with Gasteiger partial charge in [0.25, 0.3) is 0 Å². The molecule has 0 bridgehead atoms. The SMILES string of the molecule is C=C(C)[C@@H]1CC[C@]2(C)SP(=S)(O[C@@H]3[C@@H](O)[C@H](n4cnc5c(N)ncnc54)O[C@@H]3CO[Si](C)(C)C(C)(C)C)O[C@H]2C1. The number of aliphatic hydroxyl groups is 1. The lowest BCUT2D eigenvalue weighted by Gasteiger charge is -2.37. The highest BCUT2D eigenvalue weighted by atomic mass is 32.9. The Morgan fingerprint density at radius 3 is 2.77 bits per heavy atom. The van der Waals surface area contributed by atoms with E-state index in [0.29, 0.717) is 17.1 Å². The third kappa shape index (κ3) is 5.58. The zero-order chi connectivity index (χ0) is 29.3. The van der Waals surface area contributed by atoms with Gasteiger partial charge in [0, 0.05) is 4.75 Å². The van der Waals surface area contributed by atoms with E-state index in [0.717, 1.165) is 19.3 Å². The molecule has 4 heterocycles. The summed E-state index contributed by atoms with van der Waals surface area (Å²) in [6, 6.07) is 0. The zero-order valence-corrected chi connectivity index (χ0v) is 27.9. The Balaban J connectivity index is 1.42. The molecule has 2 aromatic rings. The summed E-state index contributed by atoms with van der Waals surface area (Å²) >= 11 is 7.73. The highest BCUT2D eigenvalue weighted by molar-refractivity contribution is 8.68. The van der Waals surface area contributed by atoms with Crippen molar-refractivity contribution in [2.45, 2.75) is 107 Å². The molecule has 1 saturated carbocycles. The van der Waals surface area contributed by atoms with E-state index in [-0.39, 0.29) is 28.3 Å². The Labute approximate surface area is 246 Å². The first-order valence-electron chi connectivity index (χ1n) is 13.8. The Morgan fingerprint density at radius 1 is 1.38 bits per heavy atom. The number of allylic oxidation sites excluding steroid dienone is 1. The van der Waals surface area contributed by atoms with Crippen LogP contribution >= 0.6 is 17.1 Å². The van der Waals surface area contributed by atoms with Crippen LogP contribution in [0.2, 0.25) is 18.1 Å². The summed E-state index contributed by atoms with van der Waals surface area (Å²) in [7, 11) is -2.12. The molecule has 222 valence electrons. The van der Waals surface area contributed by atoms with Crippen molar-refractivity contribution in [1.82, 2.24) is 19.5 Å². The summed E-state index contributed by atoms with van der Waals surface area (Å²) in [4.78, 5) is 12.7. The Hall–Kier alpha value is -0.893. The Kier molecular flexibility index (Phi) is 8.16. The Bertz CT molecular complexity index is 1340. The van der Waals surface area contributed by atoms with Crippen molar-refractivity contribution < 1.29 is 23.3 Å². The van der Waals surface area contributed by atoms with Gasteiger partial charge in [-0.15, -0.1) is 0 Å². The molecule has 1 aliphatic carbocycles. The first-order chi connectivity index (χ1) is 18.5. The van der Waals surface area contributed by atoms with Crippen LogP contribution in [0.3, 0.4) is 0 Å². The largest absolute Gasteiger partial charge is 0.414 e. The average Bonchev–Trinajstić information content (AvgIpc) is 3.48. The molecule has 2 aromatic heterocycles. The van der Waals surface area contributed by atoms with E-state index in [9.17, 15) is 5.11 Å². The van der Waals surface area contributed by atoms with E-state index >= 15 is 0 Å². The summed E-state index contributed by atoms with van der Waals surface area (Å²) in [5, 5.41) is 11.7. The van der Waals surface area contributed by atoms with E-state index in [1.807, 2.05) is 0 Å². The van der Waals surface area contributed by atoms with Crippen LogP contribution in [-0.2, 0) is 30.0 Å². The number of hydrogen-bond donors (Lipinski definition) is 2. The predicted molar refractivity (Wildman–Crippen MR) is 165 cm³/mol. The molecule has 0 amide bonds. The number of nitrogen functional groups attached to an aromatic ring is 1. The maximum Gasteiger partial charge on any atom is 0.248 e. The average molecular weight is 628 g/mol. The van der Waals surface area contributed by atoms with E-state index in [4.69, 9.17) is 35.8 Å². The lowest BCUT2D eigenvalue weighted by molar-refractivity contribution is -0.0485. The zero-order valence-electron chi connectivity index (χ0n) is 24.4. The van der Waals surface area contributed by atoms with Gasteiger partial charge in [0.05, 0.1) is 19.0 Å². The fraction of sp³-hybridized carbons (Fsp3) is 0.731. The molecule has 1 unspecified atom stereocenters. The molecule has 0 aromatic carbocycles. The normalized spacial score (nSPS) is 36.7. The van der Waals surface area contributed by atoms with Crippen molar-refractivity contribution in [2.75, 3.05) is 12.3 Å². The first-order valence-corrected chi connectivity index (χ1v) is 20.7. The summed E-state index contributed by atoms with van der Waals surface area (Å²) in [5.41, 5.74) is 5.30. The first kappa shape index (κ1) is 30.6. The topological polar surface area (TPSA) is 127 Å². The summed E-state index contributed by atoms with van der Waals surface area (Å²) < 4.78 is 27.8. The fourth-order valence-electron chi connectivity index (χ4n) is 5.36. The van der Waals surface area contributed by atoms with Gasteiger partial charge in [0.2, 0.25) is 5.69 Å². The van der Waals surface area contributed by atoms with E-state index in [1.54, 1.807) is 22.3 Å². The number of fused-ring (bicyclic) bond motifs is 2. The predicted octanol–water partition coefficient (Wildman–Crippen LogP) is 5.57. The molecule has 10 nitrogen and oxygen atoms in total. The van der Waals surface area contributed by atoms with Gasteiger partial charge >= 0.3 is 0 Å². The molecule has 8 atom stereocenters. The molecule has 3 aliphatic rings. The highest BCUT2D eigenvalue weighted by Gasteiger charge is 2.57. The van der Waals surface area contributed by atoms with E-state index in [1.165, 1.54) is 11.9 Å². The number of hydrogen-bond acceptors (Lipinski definition) is 11. The molecular weight excluding hydrogens is 586 g/mol. The van der Waals surface area contributed by atoms with Gasteiger partial charge < -0.3 is 29.1 Å². The third-order valence-electron chi connectivity index (χ3n) is 9.08. The number of nitrogens with zero attached hydrogens (tertiary/aromatic N) is 4. The number of rotatable bonds is 7. The minimum atomic E-state index is -2.81. The number of aromatic nitrogens is 4. The monoisotopic (exact) mass is 627 g/mol. The minimum absolute atomic E-state index is 0.00966. The smallest absolute Gasteiger partial charge is 0.248 e. The van der Waals surface area contributed by atoms with Crippen molar-refractivity contribution in [3.05, 3.63) is 24.8 Å².